The Balaban J connectivity index is 1.50. The van der Waals surface area contributed by atoms with E-state index in [1.165, 1.54) is 4.90 Å². The number of rotatable bonds is 5. The summed E-state index contributed by atoms with van der Waals surface area (Å²) >= 11 is 0. The zero-order valence-electron chi connectivity index (χ0n) is 19.5. The maximum atomic E-state index is 13.7. The van der Waals surface area contributed by atoms with Gasteiger partial charge in [0.25, 0.3) is 11.8 Å². The molecule has 2 aliphatic rings. The maximum Gasteiger partial charge on any atom is 0.282 e. The number of likely N-dealkylation sites (N-methyl/N-ethyl adjacent to an activating group) is 2. The first-order valence-corrected chi connectivity index (χ1v) is 11.6. The molecule has 0 N–H and O–H groups in total. The molecular weight excluding hydrogens is 424 g/mol. The summed E-state index contributed by atoms with van der Waals surface area (Å²) in [4.78, 5) is 35.2. The third-order valence-corrected chi connectivity index (χ3v) is 6.58. The second-order valence-corrected chi connectivity index (χ2v) is 8.74. The molecular formula is C28H28N4O2. The molecule has 0 bridgehead atoms. The van der Waals surface area contributed by atoms with Gasteiger partial charge >= 0.3 is 0 Å². The summed E-state index contributed by atoms with van der Waals surface area (Å²) in [5.74, 6) is -0.621. The van der Waals surface area contributed by atoms with Gasteiger partial charge in [-0.05, 0) is 49.0 Å². The van der Waals surface area contributed by atoms with Crippen LogP contribution >= 0.6 is 0 Å². The fourth-order valence-electron chi connectivity index (χ4n) is 4.59. The van der Waals surface area contributed by atoms with Crippen LogP contribution in [0.2, 0.25) is 0 Å². The van der Waals surface area contributed by atoms with Gasteiger partial charge in [-0.2, -0.15) is 0 Å². The molecule has 0 saturated carbocycles. The standard InChI is InChI=1S/C28H28N4O2/c1-29-17-19-31(20-18-29)23-13-15-24(16-14-23)32-27(33)25(21-9-5-3-6-10-21)26(28(32)34)30(2)22-11-7-4-8-12-22/h3-16H,17-20H2,1-2H3. The summed E-state index contributed by atoms with van der Waals surface area (Å²) < 4.78 is 0. The highest BCUT2D eigenvalue weighted by Gasteiger charge is 2.42. The molecule has 0 spiro atoms. The van der Waals surface area contributed by atoms with E-state index in [0.29, 0.717) is 17.0 Å². The molecule has 0 unspecified atom stereocenters. The largest absolute Gasteiger partial charge is 0.369 e. The average Bonchev–Trinajstić information content (AvgIpc) is 3.15. The van der Waals surface area contributed by atoms with E-state index < -0.39 is 0 Å². The molecule has 5 rings (SSSR count). The average molecular weight is 453 g/mol. The number of anilines is 3. The van der Waals surface area contributed by atoms with Crippen molar-refractivity contribution in [3.8, 4) is 0 Å². The van der Waals surface area contributed by atoms with Gasteiger partial charge in [-0.15, -0.1) is 0 Å². The van der Waals surface area contributed by atoms with E-state index in [-0.39, 0.29) is 11.8 Å². The van der Waals surface area contributed by atoms with Gasteiger partial charge in [-0.25, -0.2) is 4.90 Å². The van der Waals surface area contributed by atoms with Crippen molar-refractivity contribution in [2.24, 2.45) is 0 Å². The van der Waals surface area contributed by atoms with Crippen molar-refractivity contribution in [2.75, 3.05) is 55.0 Å². The highest BCUT2D eigenvalue weighted by atomic mass is 16.2. The molecule has 0 aliphatic carbocycles. The normalized spacial score (nSPS) is 17.0. The van der Waals surface area contributed by atoms with Crippen molar-refractivity contribution in [3.05, 3.63) is 96.2 Å². The second-order valence-electron chi connectivity index (χ2n) is 8.74. The predicted molar refractivity (Wildman–Crippen MR) is 137 cm³/mol. The molecule has 0 atom stereocenters. The summed E-state index contributed by atoms with van der Waals surface area (Å²) in [5, 5.41) is 0. The third kappa shape index (κ3) is 3.97. The molecule has 6 heteroatoms. The zero-order valence-corrected chi connectivity index (χ0v) is 19.5. The van der Waals surface area contributed by atoms with Gasteiger partial charge in [-0.1, -0.05) is 48.5 Å². The molecule has 34 heavy (non-hydrogen) atoms. The van der Waals surface area contributed by atoms with Gasteiger partial charge < -0.3 is 14.7 Å². The minimum atomic E-state index is -0.317. The summed E-state index contributed by atoms with van der Waals surface area (Å²) in [5.41, 5.74) is 4.06. The van der Waals surface area contributed by atoms with E-state index in [1.807, 2.05) is 92.0 Å². The fraction of sp³-hybridized carbons (Fsp3) is 0.214. The molecule has 172 valence electrons. The fourth-order valence-corrected chi connectivity index (χ4v) is 4.59. The van der Waals surface area contributed by atoms with Gasteiger partial charge in [0, 0.05) is 44.6 Å². The van der Waals surface area contributed by atoms with Gasteiger partial charge in [-0.3, -0.25) is 9.59 Å². The van der Waals surface area contributed by atoms with Crippen LogP contribution < -0.4 is 14.7 Å². The Hall–Kier alpha value is -3.90. The molecule has 3 aromatic carbocycles. The second kappa shape index (κ2) is 9.15. The smallest absolute Gasteiger partial charge is 0.282 e. The summed E-state index contributed by atoms with van der Waals surface area (Å²) in [6, 6.07) is 26.8. The maximum absolute atomic E-state index is 13.7. The summed E-state index contributed by atoms with van der Waals surface area (Å²) in [7, 11) is 3.96. The zero-order chi connectivity index (χ0) is 23.7. The SMILES string of the molecule is CN1CCN(c2ccc(N3C(=O)C(c4ccccc4)=C(N(C)c4ccccc4)C3=O)cc2)CC1. The van der Waals surface area contributed by atoms with Crippen LogP contribution in [0.3, 0.4) is 0 Å². The number of nitrogens with zero attached hydrogens (tertiary/aromatic N) is 4. The molecule has 0 aromatic heterocycles. The molecule has 2 heterocycles. The van der Waals surface area contributed by atoms with Crippen LogP contribution in [0.15, 0.2) is 90.6 Å². The van der Waals surface area contributed by atoms with Crippen LogP contribution in [0.25, 0.3) is 5.57 Å². The van der Waals surface area contributed by atoms with Crippen LogP contribution in [0, 0.1) is 0 Å². The Bertz CT molecular complexity index is 1210. The number of para-hydroxylation sites is 1. The minimum absolute atomic E-state index is 0.304. The predicted octanol–water partition coefficient (Wildman–Crippen LogP) is 3.86. The number of piperazine rings is 1. The Labute approximate surface area is 200 Å². The number of carbonyl (C=O) groups excluding carboxylic acids is 2. The van der Waals surface area contributed by atoms with Crippen LogP contribution in [0.4, 0.5) is 17.1 Å². The molecule has 3 aromatic rings. The number of imide groups is 1. The minimum Gasteiger partial charge on any atom is -0.369 e. The van der Waals surface area contributed by atoms with Gasteiger partial charge in [0.1, 0.15) is 5.70 Å². The monoisotopic (exact) mass is 452 g/mol. The summed E-state index contributed by atoms with van der Waals surface area (Å²) in [6.45, 7) is 3.96. The molecule has 2 amide bonds. The molecule has 1 saturated heterocycles. The molecule has 1 fully saturated rings. The van der Waals surface area contributed by atoms with E-state index in [1.54, 1.807) is 4.90 Å². The Morgan fingerprint density at radius 1 is 0.676 bits per heavy atom. The highest BCUT2D eigenvalue weighted by molar-refractivity contribution is 6.46. The van der Waals surface area contributed by atoms with E-state index in [4.69, 9.17) is 0 Å². The quantitative estimate of drug-likeness (QED) is 0.550. The number of hydrogen-bond acceptors (Lipinski definition) is 5. The highest BCUT2D eigenvalue weighted by Crippen LogP contribution is 2.36. The lowest BCUT2D eigenvalue weighted by Crippen LogP contribution is -2.44. The van der Waals surface area contributed by atoms with E-state index in [9.17, 15) is 9.59 Å². The molecule has 6 nitrogen and oxygen atoms in total. The third-order valence-electron chi connectivity index (χ3n) is 6.58. The van der Waals surface area contributed by atoms with Crippen molar-refractivity contribution in [1.29, 1.82) is 0 Å². The van der Waals surface area contributed by atoms with E-state index in [2.05, 4.69) is 16.8 Å². The van der Waals surface area contributed by atoms with Gasteiger partial charge in [0.15, 0.2) is 0 Å². The van der Waals surface area contributed by atoms with Gasteiger partial charge in [0.05, 0.1) is 11.3 Å². The van der Waals surface area contributed by atoms with Crippen LogP contribution in [0.5, 0.6) is 0 Å². The van der Waals surface area contributed by atoms with Crippen LogP contribution in [0.1, 0.15) is 5.56 Å². The number of carbonyl (C=O) groups is 2. The van der Waals surface area contributed by atoms with Gasteiger partial charge in [0.2, 0.25) is 0 Å². The van der Waals surface area contributed by atoms with Crippen molar-refractivity contribution in [3.63, 3.8) is 0 Å². The first kappa shape index (κ1) is 21.9. The number of amides is 2. The van der Waals surface area contributed by atoms with E-state index >= 15 is 0 Å². The molecule has 2 aliphatic heterocycles. The van der Waals surface area contributed by atoms with Crippen LogP contribution in [-0.4, -0.2) is 57.0 Å². The Kier molecular flexibility index (Phi) is 5.90. The number of hydrogen-bond donors (Lipinski definition) is 0. The first-order chi connectivity index (χ1) is 16.5. The van der Waals surface area contributed by atoms with Crippen molar-refractivity contribution < 1.29 is 9.59 Å². The summed E-state index contributed by atoms with van der Waals surface area (Å²) in [6.07, 6.45) is 0. The van der Waals surface area contributed by atoms with Crippen LogP contribution in [-0.2, 0) is 9.59 Å². The lowest BCUT2D eigenvalue weighted by atomic mass is 10.0. The van der Waals surface area contributed by atoms with Crippen molar-refractivity contribution >= 4 is 34.4 Å². The lowest BCUT2D eigenvalue weighted by Gasteiger charge is -2.34. The molecule has 0 radical (unpaired) electrons. The first-order valence-electron chi connectivity index (χ1n) is 11.6. The Morgan fingerprint density at radius 3 is 1.85 bits per heavy atom. The Morgan fingerprint density at radius 2 is 1.24 bits per heavy atom. The topological polar surface area (TPSA) is 47.1 Å². The van der Waals surface area contributed by atoms with E-state index in [0.717, 1.165) is 43.1 Å². The van der Waals surface area contributed by atoms with Crippen molar-refractivity contribution in [2.45, 2.75) is 0 Å². The number of benzene rings is 3. The van der Waals surface area contributed by atoms with Crippen molar-refractivity contribution in [1.82, 2.24) is 4.90 Å². The lowest BCUT2D eigenvalue weighted by molar-refractivity contribution is -0.120.